The first-order chi connectivity index (χ1) is 18.1. The molecule has 4 unspecified atom stereocenters. The van der Waals surface area contributed by atoms with Crippen molar-refractivity contribution in [1.82, 2.24) is 20.9 Å². The number of aromatic nitrogens is 1. The maximum absolute atomic E-state index is 13.4. The van der Waals surface area contributed by atoms with Gasteiger partial charge in [0.15, 0.2) is 0 Å². The lowest BCUT2D eigenvalue weighted by Crippen LogP contribution is -2.58. The zero-order valence-electron chi connectivity index (χ0n) is 20.7. The van der Waals surface area contributed by atoms with Crippen LogP contribution in [0, 0.1) is 0 Å². The van der Waals surface area contributed by atoms with Gasteiger partial charge in [0.05, 0.1) is 12.5 Å². The van der Waals surface area contributed by atoms with E-state index in [9.17, 15) is 29.1 Å². The summed E-state index contributed by atoms with van der Waals surface area (Å²) in [6, 6.07) is 2.32. The molecule has 208 valence electrons. The highest BCUT2D eigenvalue weighted by atomic mass is 32.1. The molecule has 0 bridgehead atoms. The molecule has 0 saturated carbocycles. The summed E-state index contributed by atoms with van der Waals surface area (Å²) >= 11 is 3.94. The molecule has 1 heterocycles. The molecule has 38 heavy (non-hydrogen) atoms. The van der Waals surface area contributed by atoms with Gasteiger partial charge in [0.1, 0.15) is 18.1 Å². The maximum atomic E-state index is 13.4. The lowest BCUT2D eigenvalue weighted by molar-refractivity contribution is -0.141. The molecule has 13 nitrogen and oxygen atoms in total. The van der Waals surface area contributed by atoms with Crippen molar-refractivity contribution in [1.29, 1.82) is 0 Å². The molecule has 0 fully saturated rings. The highest BCUT2D eigenvalue weighted by Crippen LogP contribution is 2.19. The number of para-hydroxylation sites is 1. The van der Waals surface area contributed by atoms with E-state index in [4.69, 9.17) is 16.6 Å². The average Bonchev–Trinajstić information content (AvgIpc) is 3.28. The molecule has 1 aromatic heterocycles. The zero-order chi connectivity index (χ0) is 28.2. The lowest BCUT2D eigenvalue weighted by atomic mass is 10.0. The number of aliphatic carboxylic acids is 2. The molecule has 0 saturated heterocycles. The first kappa shape index (κ1) is 30.6. The first-order valence-corrected chi connectivity index (χ1v) is 12.7. The van der Waals surface area contributed by atoms with Gasteiger partial charge in [-0.15, -0.1) is 0 Å². The van der Waals surface area contributed by atoms with E-state index in [2.05, 4.69) is 33.6 Å². The second-order valence-electron chi connectivity index (χ2n) is 8.76. The van der Waals surface area contributed by atoms with Crippen molar-refractivity contribution in [2.45, 2.75) is 56.3 Å². The highest BCUT2D eigenvalue weighted by molar-refractivity contribution is 7.80. The van der Waals surface area contributed by atoms with Crippen molar-refractivity contribution < 1.29 is 34.2 Å². The van der Waals surface area contributed by atoms with Crippen LogP contribution in [-0.2, 0) is 30.4 Å². The SMILES string of the molecule is NCCCCC(NC(=O)C(Cc1c[nH]c2ccccc12)NC(=O)C(N)CC(=O)O)C(=O)NC(CS)C(=O)O. The van der Waals surface area contributed by atoms with Gasteiger partial charge in [0, 0.05) is 29.3 Å². The summed E-state index contributed by atoms with van der Waals surface area (Å²) < 4.78 is 0. The number of unbranched alkanes of at least 4 members (excludes halogenated alkanes) is 1. The van der Waals surface area contributed by atoms with E-state index >= 15 is 0 Å². The Bertz CT molecular complexity index is 1140. The van der Waals surface area contributed by atoms with Crippen LogP contribution in [0.25, 0.3) is 10.9 Å². The third-order valence-electron chi connectivity index (χ3n) is 5.84. The number of amides is 3. The van der Waals surface area contributed by atoms with Crippen molar-refractivity contribution >= 4 is 53.2 Å². The molecule has 0 spiro atoms. The number of thiol groups is 1. The molecular formula is C24H34N6O7S. The summed E-state index contributed by atoms with van der Waals surface area (Å²) in [5, 5.41) is 26.5. The van der Waals surface area contributed by atoms with Crippen LogP contribution < -0.4 is 27.4 Å². The number of carbonyl (C=O) groups is 5. The molecule has 2 aromatic rings. The number of carbonyl (C=O) groups excluding carboxylic acids is 3. The van der Waals surface area contributed by atoms with Crippen LogP contribution in [0.2, 0.25) is 0 Å². The summed E-state index contributed by atoms with van der Waals surface area (Å²) in [7, 11) is 0. The number of H-pyrrole nitrogens is 1. The minimum atomic E-state index is -1.40. The molecule has 10 N–H and O–H groups in total. The van der Waals surface area contributed by atoms with Gasteiger partial charge in [-0.2, -0.15) is 12.6 Å². The highest BCUT2D eigenvalue weighted by Gasteiger charge is 2.31. The van der Waals surface area contributed by atoms with E-state index in [0.717, 1.165) is 10.9 Å². The number of nitrogens with one attached hydrogen (secondary N) is 4. The Kier molecular flexibility index (Phi) is 12.0. The molecule has 0 aliphatic rings. The van der Waals surface area contributed by atoms with Crippen molar-refractivity contribution in [2.75, 3.05) is 12.3 Å². The standard InChI is InChI=1S/C24H34N6O7S/c25-8-4-3-7-17(22(34)30-19(12-38)24(36)37)28-23(35)18(29-21(33)15(26)10-20(31)32)9-13-11-27-16-6-2-1-5-14(13)16/h1-2,5-6,11,15,17-19,27,38H,3-4,7-10,12,25-26H2,(H,28,35)(H,29,33)(H,30,34)(H,31,32)(H,36,37). The Balaban J connectivity index is 2.29. The number of hydrogen-bond donors (Lipinski definition) is 9. The van der Waals surface area contributed by atoms with Crippen molar-refractivity contribution in [3.05, 3.63) is 36.0 Å². The number of hydrogen-bond acceptors (Lipinski definition) is 8. The fraction of sp³-hybridized carbons (Fsp3) is 0.458. The predicted octanol–water partition coefficient (Wildman–Crippen LogP) is -0.890. The van der Waals surface area contributed by atoms with Crippen LogP contribution in [0.3, 0.4) is 0 Å². The lowest BCUT2D eigenvalue weighted by Gasteiger charge is -2.25. The minimum absolute atomic E-state index is 0.00685. The summed E-state index contributed by atoms with van der Waals surface area (Å²) in [4.78, 5) is 64.3. The van der Waals surface area contributed by atoms with Crippen LogP contribution in [0.4, 0.5) is 0 Å². The van der Waals surface area contributed by atoms with E-state index in [1.54, 1.807) is 6.20 Å². The second kappa shape index (κ2) is 15.0. The Morgan fingerprint density at radius 3 is 2.18 bits per heavy atom. The third-order valence-corrected chi connectivity index (χ3v) is 6.21. The first-order valence-electron chi connectivity index (χ1n) is 12.0. The summed E-state index contributed by atoms with van der Waals surface area (Å²) in [6.07, 6.45) is 2.25. The normalized spacial score (nSPS) is 14.2. The smallest absolute Gasteiger partial charge is 0.327 e. The average molecular weight is 551 g/mol. The molecule has 4 atom stereocenters. The van der Waals surface area contributed by atoms with Crippen LogP contribution in [0.15, 0.2) is 30.5 Å². The van der Waals surface area contributed by atoms with E-state index in [1.807, 2.05) is 24.3 Å². The number of fused-ring (bicyclic) bond motifs is 1. The Morgan fingerprint density at radius 2 is 1.55 bits per heavy atom. The van der Waals surface area contributed by atoms with E-state index in [0.29, 0.717) is 24.9 Å². The van der Waals surface area contributed by atoms with Gasteiger partial charge in [-0.25, -0.2) is 4.79 Å². The van der Waals surface area contributed by atoms with E-state index in [-0.39, 0.29) is 18.6 Å². The van der Waals surface area contributed by atoms with Gasteiger partial charge in [-0.3, -0.25) is 19.2 Å². The van der Waals surface area contributed by atoms with Gasteiger partial charge in [0.2, 0.25) is 17.7 Å². The number of aromatic amines is 1. The number of nitrogens with two attached hydrogens (primary N) is 2. The molecule has 3 amide bonds. The molecular weight excluding hydrogens is 516 g/mol. The summed E-state index contributed by atoms with van der Waals surface area (Å²) in [6.45, 7) is 0.359. The maximum Gasteiger partial charge on any atom is 0.327 e. The van der Waals surface area contributed by atoms with Gasteiger partial charge in [-0.05, 0) is 37.4 Å². The topological polar surface area (TPSA) is 230 Å². The fourth-order valence-corrected chi connectivity index (χ4v) is 4.03. The monoisotopic (exact) mass is 550 g/mol. The van der Waals surface area contributed by atoms with Crippen LogP contribution in [-0.4, -0.2) is 81.3 Å². The van der Waals surface area contributed by atoms with Gasteiger partial charge in [0.25, 0.3) is 0 Å². The number of rotatable bonds is 16. The quantitative estimate of drug-likeness (QED) is 0.0931. The molecule has 14 heteroatoms. The van der Waals surface area contributed by atoms with Crippen molar-refractivity contribution in [3.8, 4) is 0 Å². The number of carboxylic acid groups (broad SMARTS) is 2. The van der Waals surface area contributed by atoms with E-state index < -0.39 is 60.2 Å². The third kappa shape index (κ3) is 9.04. The number of carboxylic acids is 2. The summed E-state index contributed by atoms with van der Waals surface area (Å²) in [5.74, 6) is -5.02. The molecule has 0 aliphatic carbocycles. The molecule has 2 rings (SSSR count). The van der Waals surface area contributed by atoms with E-state index in [1.165, 1.54) is 0 Å². The van der Waals surface area contributed by atoms with Crippen LogP contribution in [0.1, 0.15) is 31.2 Å². The second-order valence-corrected chi connectivity index (χ2v) is 9.12. The Labute approximate surface area is 224 Å². The molecule has 0 radical (unpaired) electrons. The Hall–Kier alpha value is -3.62. The number of benzene rings is 1. The Morgan fingerprint density at radius 1 is 0.921 bits per heavy atom. The minimum Gasteiger partial charge on any atom is -0.481 e. The predicted molar refractivity (Wildman–Crippen MR) is 142 cm³/mol. The van der Waals surface area contributed by atoms with Crippen LogP contribution >= 0.6 is 12.6 Å². The summed E-state index contributed by atoms with van der Waals surface area (Å²) in [5.41, 5.74) is 12.7. The van der Waals surface area contributed by atoms with Gasteiger partial charge >= 0.3 is 11.9 Å². The van der Waals surface area contributed by atoms with Crippen LogP contribution in [0.5, 0.6) is 0 Å². The zero-order valence-corrected chi connectivity index (χ0v) is 21.6. The molecule has 1 aromatic carbocycles. The van der Waals surface area contributed by atoms with Crippen molar-refractivity contribution in [3.63, 3.8) is 0 Å². The van der Waals surface area contributed by atoms with Gasteiger partial charge < -0.3 is 42.6 Å². The largest absolute Gasteiger partial charge is 0.481 e. The molecule has 0 aliphatic heterocycles. The fourth-order valence-electron chi connectivity index (χ4n) is 3.78. The van der Waals surface area contributed by atoms with Crippen molar-refractivity contribution in [2.24, 2.45) is 11.5 Å². The van der Waals surface area contributed by atoms with Gasteiger partial charge in [-0.1, -0.05) is 18.2 Å².